The number of halogens is 3. The number of aromatic nitrogens is 3. The Balaban J connectivity index is 1.55. The van der Waals surface area contributed by atoms with Crippen LogP contribution < -0.4 is 4.90 Å². The number of methoxy groups -OCH3 is 1. The number of aliphatic hydroxyl groups is 3. The molecule has 1 amide bonds. The third-order valence-corrected chi connectivity index (χ3v) is 8.34. The minimum absolute atomic E-state index is 0.160. The summed E-state index contributed by atoms with van der Waals surface area (Å²) in [7, 11) is 1.35. The van der Waals surface area contributed by atoms with Crippen LogP contribution in [0.5, 0.6) is 0 Å². The van der Waals surface area contributed by atoms with E-state index < -0.39 is 60.9 Å². The number of hydrogen-bond donors (Lipinski definition) is 3. The molecule has 0 unspecified atom stereocenters. The van der Waals surface area contributed by atoms with E-state index in [1.807, 2.05) is 0 Å². The van der Waals surface area contributed by atoms with Gasteiger partial charge in [-0.1, -0.05) is 32.7 Å². The Labute approximate surface area is 254 Å². The van der Waals surface area contributed by atoms with Crippen LogP contribution in [0.25, 0.3) is 11.3 Å². The molecule has 3 N–H and O–H groups in total. The predicted molar refractivity (Wildman–Crippen MR) is 152 cm³/mol. The topological polar surface area (TPSA) is 154 Å². The maximum absolute atomic E-state index is 14.4. The van der Waals surface area contributed by atoms with Crippen LogP contribution in [0, 0.1) is 17.1 Å². The fourth-order valence-corrected chi connectivity index (χ4v) is 6.44. The summed E-state index contributed by atoms with van der Waals surface area (Å²) in [6, 6.07) is 9.10. The first kappa shape index (κ1) is 30.5. The minimum Gasteiger partial charge on any atom is -0.394 e. The van der Waals surface area contributed by atoms with Gasteiger partial charge in [0.05, 0.1) is 36.6 Å². The summed E-state index contributed by atoms with van der Waals surface area (Å²) in [5.74, 6) is -1.16. The third-order valence-electron chi connectivity index (χ3n) is 7.66. The Hall–Kier alpha value is -2.96. The molecule has 7 atom stereocenters. The largest absolute Gasteiger partial charge is 0.394 e. The number of ether oxygens (including phenoxy) is 2. The first-order valence-corrected chi connectivity index (χ1v) is 14.4. The molecular weight excluding hydrogens is 637 g/mol. The van der Waals surface area contributed by atoms with Crippen molar-refractivity contribution in [1.29, 1.82) is 5.26 Å². The van der Waals surface area contributed by atoms with Crippen molar-refractivity contribution in [2.45, 2.75) is 61.9 Å². The van der Waals surface area contributed by atoms with E-state index in [1.165, 1.54) is 35.0 Å². The number of nitriles is 1. The van der Waals surface area contributed by atoms with Crippen LogP contribution in [0.4, 0.5) is 10.1 Å². The molecule has 1 aromatic heterocycles. The normalized spacial score (nSPS) is 27.5. The molecule has 3 aromatic rings. The second kappa shape index (κ2) is 12.7. The van der Waals surface area contributed by atoms with Gasteiger partial charge in [0.2, 0.25) is 0 Å². The number of aliphatic hydroxyl groups excluding tert-OH is 3. The van der Waals surface area contributed by atoms with Crippen molar-refractivity contribution in [3.8, 4) is 17.3 Å². The molecule has 0 bridgehead atoms. The van der Waals surface area contributed by atoms with E-state index in [4.69, 9.17) is 21.1 Å². The van der Waals surface area contributed by atoms with Gasteiger partial charge in [-0.15, -0.1) is 5.10 Å². The Morgan fingerprint density at radius 3 is 2.71 bits per heavy atom. The number of benzene rings is 2. The van der Waals surface area contributed by atoms with Crippen LogP contribution in [0.15, 0.2) is 47.1 Å². The fraction of sp³-hybridized carbons (Fsp3) is 0.429. The number of carbonyl (C=O) groups excluding carboxylic acids is 1. The second-order valence-electron chi connectivity index (χ2n) is 10.3. The lowest BCUT2D eigenvalue weighted by Crippen LogP contribution is -2.62. The van der Waals surface area contributed by atoms with Gasteiger partial charge in [-0.2, -0.15) is 5.26 Å². The number of rotatable bonds is 7. The van der Waals surface area contributed by atoms with Crippen LogP contribution in [0.3, 0.4) is 0 Å². The molecule has 1 saturated heterocycles. The van der Waals surface area contributed by atoms with Gasteiger partial charge in [-0.3, -0.25) is 4.79 Å². The van der Waals surface area contributed by atoms with Crippen molar-refractivity contribution in [3.63, 3.8) is 0 Å². The lowest BCUT2D eigenvalue weighted by atomic mass is 9.91. The second-order valence-corrected chi connectivity index (χ2v) is 11.6. The molecule has 0 spiro atoms. The van der Waals surface area contributed by atoms with Gasteiger partial charge in [-0.05, 0) is 55.7 Å². The van der Waals surface area contributed by atoms with Crippen LogP contribution in [0.1, 0.15) is 30.9 Å². The average Bonchev–Trinajstić information content (AvgIpc) is 3.61. The maximum Gasteiger partial charge on any atom is 0.259 e. The van der Waals surface area contributed by atoms with Crippen molar-refractivity contribution in [3.05, 3.63) is 63.5 Å². The lowest BCUT2D eigenvalue weighted by Gasteiger charge is -2.45. The van der Waals surface area contributed by atoms with Gasteiger partial charge in [-0.25, -0.2) is 9.07 Å². The average molecular weight is 665 g/mol. The smallest absolute Gasteiger partial charge is 0.259 e. The standard InChI is InChI=1S/C28H28BrClFN5O6/c1-41-26-24(35-12-20(33-34-35)15-7-17(30)10-18(31)8-15)25(39)23(13-37)42-27(26)28(40)36(21-3-2-4-22(21)38)19-6-14(11-32)5-16(29)9-19/h5-10,12,21-27,37-39H,2-4,13H2,1H3/t21-,22-,23+,24-,25-,26+,27+/m0/s1. The molecule has 1 aliphatic carbocycles. The van der Waals surface area contributed by atoms with Gasteiger partial charge in [0.1, 0.15) is 35.9 Å². The van der Waals surface area contributed by atoms with E-state index in [2.05, 4.69) is 32.3 Å². The van der Waals surface area contributed by atoms with E-state index >= 15 is 0 Å². The van der Waals surface area contributed by atoms with E-state index in [9.17, 15) is 29.8 Å². The summed E-state index contributed by atoms with van der Waals surface area (Å²) in [6.07, 6.45) is -2.79. The van der Waals surface area contributed by atoms with Crippen molar-refractivity contribution in [2.24, 2.45) is 0 Å². The number of nitrogens with zero attached hydrogens (tertiary/aromatic N) is 5. The van der Waals surface area contributed by atoms with E-state index in [1.54, 1.807) is 18.2 Å². The lowest BCUT2D eigenvalue weighted by molar-refractivity contribution is -0.211. The van der Waals surface area contributed by atoms with E-state index in [0.717, 1.165) is 6.07 Å². The maximum atomic E-state index is 14.4. The zero-order valence-electron chi connectivity index (χ0n) is 22.3. The number of hydrogen-bond acceptors (Lipinski definition) is 9. The van der Waals surface area contributed by atoms with Crippen molar-refractivity contribution < 1.29 is 34.0 Å². The third kappa shape index (κ3) is 5.93. The first-order valence-electron chi connectivity index (χ1n) is 13.2. The number of anilines is 1. The molecule has 5 rings (SSSR count). The SMILES string of the molecule is CO[C@@H]1[C@@H](n2cc(-c3cc(F)cc(Cl)c3)nn2)[C@@H](O)[C@@H](CO)O[C@H]1C(=O)N(c1cc(Br)cc(C#N)c1)[C@H]1CCC[C@@H]1O. The van der Waals surface area contributed by atoms with Gasteiger partial charge in [0.15, 0.2) is 6.10 Å². The van der Waals surface area contributed by atoms with Crippen LogP contribution in [0.2, 0.25) is 5.02 Å². The summed E-state index contributed by atoms with van der Waals surface area (Å²) in [4.78, 5) is 15.8. The van der Waals surface area contributed by atoms with Gasteiger partial charge in [0.25, 0.3) is 5.91 Å². The quantitative estimate of drug-likeness (QED) is 0.346. The summed E-state index contributed by atoms with van der Waals surface area (Å²) in [6.45, 7) is -0.625. The van der Waals surface area contributed by atoms with Gasteiger partial charge >= 0.3 is 0 Å². The number of amides is 1. The summed E-state index contributed by atoms with van der Waals surface area (Å²) >= 11 is 9.40. The highest BCUT2D eigenvalue weighted by Gasteiger charge is 2.52. The molecule has 0 radical (unpaired) electrons. The van der Waals surface area contributed by atoms with Crippen molar-refractivity contribution >= 4 is 39.1 Å². The molecule has 42 heavy (non-hydrogen) atoms. The number of carbonyl (C=O) groups is 1. The van der Waals surface area contributed by atoms with Gasteiger partial charge in [0, 0.05) is 27.9 Å². The Kier molecular flexibility index (Phi) is 9.24. The molecule has 222 valence electrons. The van der Waals surface area contributed by atoms with E-state index in [0.29, 0.717) is 40.5 Å². The molecule has 2 heterocycles. The highest BCUT2D eigenvalue weighted by molar-refractivity contribution is 9.10. The molecular formula is C28H28BrClFN5O6. The Morgan fingerprint density at radius 1 is 1.29 bits per heavy atom. The van der Waals surface area contributed by atoms with Crippen molar-refractivity contribution in [2.75, 3.05) is 18.6 Å². The van der Waals surface area contributed by atoms with Crippen LogP contribution >= 0.6 is 27.5 Å². The molecule has 2 aliphatic rings. The summed E-state index contributed by atoms with van der Waals surface area (Å²) in [5, 5.41) is 50.1. The highest BCUT2D eigenvalue weighted by Crippen LogP contribution is 2.37. The molecule has 2 aromatic carbocycles. The monoisotopic (exact) mass is 663 g/mol. The summed E-state index contributed by atoms with van der Waals surface area (Å²) in [5.41, 5.74) is 1.26. The molecule has 2 fully saturated rings. The van der Waals surface area contributed by atoms with E-state index in [-0.39, 0.29) is 10.7 Å². The zero-order valence-corrected chi connectivity index (χ0v) is 24.7. The molecule has 1 aliphatic heterocycles. The van der Waals surface area contributed by atoms with Crippen LogP contribution in [-0.2, 0) is 14.3 Å². The Morgan fingerprint density at radius 2 is 2.07 bits per heavy atom. The highest BCUT2D eigenvalue weighted by atomic mass is 79.9. The summed E-state index contributed by atoms with van der Waals surface area (Å²) < 4.78 is 27.6. The van der Waals surface area contributed by atoms with Crippen LogP contribution in [-0.4, -0.2) is 86.5 Å². The molecule has 1 saturated carbocycles. The molecule has 14 heteroatoms. The Bertz CT molecular complexity index is 1480. The fourth-order valence-electron chi connectivity index (χ4n) is 5.73. The molecule has 11 nitrogen and oxygen atoms in total. The zero-order chi connectivity index (χ0) is 30.1. The minimum atomic E-state index is -1.38. The first-order chi connectivity index (χ1) is 20.1. The van der Waals surface area contributed by atoms with Gasteiger partial charge < -0.3 is 29.7 Å². The predicted octanol–water partition coefficient (Wildman–Crippen LogP) is 3.00. The van der Waals surface area contributed by atoms with Crippen molar-refractivity contribution in [1.82, 2.24) is 15.0 Å².